The number of hydrogen-bond donors (Lipinski definition) is 1. The van der Waals surface area contributed by atoms with Crippen LogP contribution >= 0.6 is 34.8 Å². The van der Waals surface area contributed by atoms with Gasteiger partial charge in [-0.3, -0.25) is 13.9 Å². The number of amides is 2. The summed E-state index contributed by atoms with van der Waals surface area (Å²) < 4.78 is 26.3. The molecule has 7 nitrogen and oxygen atoms in total. The SMILES string of the molecule is Cc1cc(Cl)ccc1N(CC(=O)N(Cc1ccc(Cl)c(Cl)c1)[C@H](C)C(=O)NC(C)C)S(C)(=O)=O. The van der Waals surface area contributed by atoms with Crippen LogP contribution in [0, 0.1) is 6.92 Å². The minimum atomic E-state index is -3.83. The molecule has 186 valence electrons. The van der Waals surface area contributed by atoms with Gasteiger partial charge in [0.1, 0.15) is 12.6 Å². The Morgan fingerprint density at radius 2 is 1.65 bits per heavy atom. The third-order valence-corrected chi connectivity index (χ3v) is 7.14. The predicted molar refractivity (Wildman–Crippen MR) is 138 cm³/mol. The Morgan fingerprint density at radius 1 is 1.00 bits per heavy atom. The highest BCUT2D eigenvalue weighted by Gasteiger charge is 2.30. The van der Waals surface area contributed by atoms with Gasteiger partial charge in [-0.25, -0.2) is 8.42 Å². The first kappa shape index (κ1) is 28.2. The van der Waals surface area contributed by atoms with Crippen LogP contribution in [0.3, 0.4) is 0 Å². The third-order valence-electron chi connectivity index (χ3n) is 5.04. The largest absolute Gasteiger partial charge is 0.352 e. The molecule has 0 bridgehead atoms. The Bertz CT molecular complexity index is 1170. The number of carbonyl (C=O) groups is 2. The molecule has 1 atom stereocenters. The van der Waals surface area contributed by atoms with E-state index in [1.165, 1.54) is 4.90 Å². The molecule has 11 heteroatoms. The summed E-state index contributed by atoms with van der Waals surface area (Å²) in [5.41, 5.74) is 1.56. The van der Waals surface area contributed by atoms with Gasteiger partial charge in [-0.15, -0.1) is 0 Å². The van der Waals surface area contributed by atoms with Gasteiger partial charge in [0.05, 0.1) is 22.0 Å². The van der Waals surface area contributed by atoms with E-state index in [0.717, 1.165) is 10.6 Å². The smallest absolute Gasteiger partial charge is 0.244 e. The normalized spacial score (nSPS) is 12.4. The summed E-state index contributed by atoms with van der Waals surface area (Å²) in [6.45, 7) is 6.44. The summed E-state index contributed by atoms with van der Waals surface area (Å²) in [5.74, 6) is -0.922. The van der Waals surface area contributed by atoms with Gasteiger partial charge < -0.3 is 10.2 Å². The van der Waals surface area contributed by atoms with E-state index < -0.39 is 28.5 Å². The van der Waals surface area contributed by atoms with Gasteiger partial charge in [-0.2, -0.15) is 0 Å². The lowest BCUT2D eigenvalue weighted by atomic mass is 10.1. The van der Waals surface area contributed by atoms with Crippen molar-refractivity contribution in [3.05, 3.63) is 62.6 Å². The van der Waals surface area contributed by atoms with E-state index in [0.29, 0.717) is 31.9 Å². The van der Waals surface area contributed by atoms with Gasteiger partial charge in [0.25, 0.3) is 0 Å². The fourth-order valence-corrected chi connectivity index (χ4v) is 4.77. The molecule has 34 heavy (non-hydrogen) atoms. The molecule has 2 rings (SSSR count). The van der Waals surface area contributed by atoms with Crippen molar-refractivity contribution in [2.45, 2.75) is 46.3 Å². The van der Waals surface area contributed by atoms with Crippen LogP contribution in [0.15, 0.2) is 36.4 Å². The number of halogens is 3. The van der Waals surface area contributed by atoms with Gasteiger partial charge in [-0.05, 0) is 69.2 Å². The number of anilines is 1. The molecule has 0 spiro atoms. The molecule has 2 aromatic rings. The van der Waals surface area contributed by atoms with Crippen LogP contribution < -0.4 is 9.62 Å². The molecule has 0 radical (unpaired) electrons. The number of benzene rings is 2. The maximum absolute atomic E-state index is 13.5. The average molecular weight is 549 g/mol. The summed E-state index contributed by atoms with van der Waals surface area (Å²) in [6, 6.07) is 8.60. The molecule has 0 saturated carbocycles. The molecule has 2 amide bonds. The van der Waals surface area contributed by atoms with Gasteiger partial charge in [-0.1, -0.05) is 40.9 Å². The van der Waals surface area contributed by atoms with Crippen molar-refractivity contribution >= 4 is 62.3 Å². The summed E-state index contributed by atoms with van der Waals surface area (Å²) in [5, 5.41) is 3.90. The first-order chi connectivity index (χ1) is 15.7. The fraction of sp³-hybridized carbons (Fsp3) is 0.391. The molecule has 0 aliphatic rings. The maximum atomic E-state index is 13.5. The summed E-state index contributed by atoms with van der Waals surface area (Å²) >= 11 is 18.1. The van der Waals surface area contributed by atoms with Crippen LogP contribution in [0.1, 0.15) is 31.9 Å². The molecule has 0 aromatic heterocycles. The van der Waals surface area contributed by atoms with Crippen molar-refractivity contribution in [1.82, 2.24) is 10.2 Å². The summed E-state index contributed by atoms with van der Waals surface area (Å²) in [4.78, 5) is 27.6. The molecule has 1 N–H and O–H groups in total. The Balaban J connectivity index is 2.44. The van der Waals surface area contributed by atoms with Crippen LogP contribution in [0.5, 0.6) is 0 Å². The highest BCUT2D eigenvalue weighted by Crippen LogP contribution is 2.27. The Morgan fingerprint density at radius 3 is 2.18 bits per heavy atom. The lowest BCUT2D eigenvalue weighted by Gasteiger charge is -2.32. The second-order valence-electron chi connectivity index (χ2n) is 8.31. The minimum absolute atomic E-state index is 0.0274. The number of rotatable bonds is 9. The van der Waals surface area contributed by atoms with Crippen molar-refractivity contribution < 1.29 is 18.0 Å². The van der Waals surface area contributed by atoms with Gasteiger partial charge in [0, 0.05) is 17.6 Å². The monoisotopic (exact) mass is 547 g/mol. The van der Waals surface area contributed by atoms with Crippen LogP contribution in [0.25, 0.3) is 0 Å². The number of nitrogens with zero attached hydrogens (tertiary/aromatic N) is 2. The number of carbonyl (C=O) groups excluding carboxylic acids is 2. The topological polar surface area (TPSA) is 86.8 Å². The molecule has 0 aliphatic carbocycles. The van der Waals surface area contributed by atoms with E-state index in [1.807, 2.05) is 13.8 Å². The van der Waals surface area contributed by atoms with E-state index in [2.05, 4.69) is 5.32 Å². The van der Waals surface area contributed by atoms with Crippen LogP contribution in [-0.4, -0.2) is 50.0 Å². The second kappa shape index (κ2) is 11.6. The van der Waals surface area contributed by atoms with Crippen LogP contribution in [-0.2, 0) is 26.2 Å². The van der Waals surface area contributed by atoms with Crippen molar-refractivity contribution in [1.29, 1.82) is 0 Å². The van der Waals surface area contributed by atoms with Crippen LogP contribution in [0.4, 0.5) is 5.69 Å². The van der Waals surface area contributed by atoms with Gasteiger partial charge in [0.15, 0.2) is 0 Å². The summed E-state index contributed by atoms with van der Waals surface area (Å²) in [6.07, 6.45) is 1.02. The Kier molecular flexibility index (Phi) is 9.65. The number of nitrogens with one attached hydrogen (secondary N) is 1. The van der Waals surface area contributed by atoms with Gasteiger partial charge in [0.2, 0.25) is 21.8 Å². The van der Waals surface area contributed by atoms with E-state index in [9.17, 15) is 18.0 Å². The van der Waals surface area contributed by atoms with Crippen molar-refractivity contribution in [3.8, 4) is 0 Å². The molecule has 0 saturated heterocycles. The summed E-state index contributed by atoms with van der Waals surface area (Å²) in [7, 11) is -3.83. The van der Waals surface area contributed by atoms with Crippen molar-refractivity contribution in [2.24, 2.45) is 0 Å². The molecular weight excluding hydrogens is 521 g/mol. The third kappa shape index (κ3) is 7.50. The second-order valence-corrected chi connectivity index (χ2v) is 11.5. The molecular formula is C23H28Cl3N3O4S. The van der Waals surface area contributed by atoms with E-state index in [1.54, 1.807) is 50.2 Å². The lowest BCUT2D eigenvalue weighted by Crippen LogP contribution is -2.52. The van der Waals surface area contributed by atoms with E-state index in [4.69, 9.17) is 34.8 Å². The van der Waals surface area contributed by atoms with Gasteiger partial charge >= 0.3 is 0 Å². The minimum Gasteiger partial charge on any atom is -0.352 e. The highest BCUT2D eigenvalue weighted by molar-refractivity contribution is 7.92. The Hall–Kier alpha value is -2.00. The first-order valence-corrected chi connectivity index (χ1v) is 13.5. The van der Waals surface area contributed by atoms with Crippen molar-refractivity contribution in [2.75, 3.05) is 17.1 Å². The number of sulfonamides is 1. The zero-order valence-electron chi connectivity index (χ0n) is 19.6. The molecule has 0 heterocycles. The standard InChI is InChI=1S/C23H28Cl3N3O4S/c1-14(2)27-23(31)16(4)28(12-17-6-8-19(25)20(26)11-17)22(30)13-29(34(5,32)33)21-9-7-18(24)10-15(21)3/h6-11,14,16H,12-13H2,1-5H3,(H,27,31)/t16-/m1/s1. The zero-order valence-corrected chi connectivity index (χ0v) is 22.7. The molecule has 0 fully saturated rings. The van der Waals surface area contributed by atoms with E-state index >= 15 is 0 Å². The van der Waals surface area contributed by atoms with Crippen molar-refractivity contribution in [3.63, 3.8) is 0 Å². The molecule has 0 aliphatic heterocycles. The average Bonchev–Trinajstić information content (AvgIpc) is 2.71. The quantitative estimate of drug-likeness (QED) is 0.494. The maximum Gasteiger partial charge on any atom is 0.244 e. The molecule has 2 aromatic carbocycles. The van der Waals surface area contributed by atoms with E-state index in [-0.39, 0.29) is 18.5 Å². The highest BCUT2D eigenvalue weighted by atomic mass is 35.5. The zero-order chi connectivity index (χ0) is 25.8. The Labute approximate surface area is 216 Å². The first-order valence-electron chi connectivity index (χ1n) is 10.5. The number of hydrogen-bond acceptors (Lipinski definition) is 4. The fourth-order valence-electron chi connectivity index (χ4n) is 3.32. The predicted octanol–water partition coefficient (Wildman–Crippen LogP) is 4.66. The van der Waals surface area contributed by atoms with Crippen LogP contribution in [0.2, 0.25) is 15.1 Å². The number of aryl methyl sites for hydroxylation is 1. The molecule has 0 unspecified atom stereocenters. The lowest BCUT2D eigenvalue weighted by molar-refractivity contribution is -0.139.